The van der Waals surface area contributed by atoms with Crippen LogP contribution in [0.2, 0.25) is 0 Å². The van der Waals surface area contributed by atoms with E-state index in [0.29, 0.717) is 0 Å². The van der Waals surface area contributed by atoms with E-state index in [1.165, 1.54) is 0 Å². The minimum Gasteiger partial charge on any atom is -0.460 e. The Labute approximate surface area is 125 Å². The van der Waals surface area contributed by atoms with Gasteiger partial charge in [0.05, 0.1) is 12.0 Å². The molecular formula is C15H15F4NO2. The van der Waals surface area contributed by atoms with Crippen molar-refractivity contribution in [2.75, 3.05) is 0 Å². The summed E-state index contributed by atoms with van der Waals surface area (Å²) in [4.78, 5) is 11.5. The number of hydrogen-bond donors (Lipinski definition) is 0. The standard InChI is InChI=1S/C15H15F4NO2/c1-15(2,3)22-11(21)5-4-8(7-20)12-13(18)9(16)6-10(17)14(12)19/h6,8H,4-5H2,1-3H3. The molecule has 0 radical (unpaired) electrons. The van der Waals surface area contributed by atoms with Gasteiger partial charge in [-0.05, 0) is 27.2 Å². The second kappa shape index (κ2) is 6.77. The highest BCUT2D eigenvalue weighted by Gasteiger charge is 2.27. The van der Waals surface area contributed by atoms with Gasteiger partial charge in [-0.3, -0.25) is 4.79 Å². The van der Waals surface area contributed by atoms with E-state index >= 15 is 0 Å². The van der Waals surface area contributed by atoms with Crippen molar-refractivity contribution in [2.24, 2.45) is 0 Å². The maximum atomic E-state index is 13.6. The number of esters is 1. The van der Waals surface area contributed by atoms with E-state index < -0.39 is 46.3 Å². The van der Waals surface area contributed by atoms with Gasteiger partial charge in [0.2, 0.25) is 0 Å². The summed E-state index contributed by atoms with van der Waals surface area (Å²) in [5.74, 6) is -8.62. The van der Waals surface area contributed by atoms with Gasteiger partial charge in [0.15, 0.2) is 23.3 Å². The van der Waals surface area contributed by atoms with E-state index in [-0.39, 0.29) is 18.9 Å². The van der Waals surface area contributed by atoms with Crippen molar-refractivity contribution in [2.45, 2.75) is 45.1 Å². The Morgan fingerprint density at radius 3 is 2.14 bits per heavy atom. The number of carbonyl (C=O) groups is 1. The average molecular weight is 317 g/mol. The number of ether oxygens (including phenoxy) is 1. The van der Waals surface area contributed by atoms with Crippen LogP contribution in [0, 0.1) is 34.6 Å². The molecular weight excluding hydrogens is 302 g/mol. The molecule has 0 spiro atoms. The Balaban J connectivity index is 2.96. The lowest BCUT2D eigenvalue weighted by molar-refractivity contribution is -0.154. The van der Waals surface area contributed by atoms with Crippen LogP contribution in [0.15, 0.2) is 6.07 Å². The van der Waals surface area contributed by atoms with E-state index in [1.807, 2.05) is 0 Å². The van der Waals surface area contributed by atoms with Crippen LogP contribution < -0.4 is 0 Å². The molecule has 1 atom stereocenters. The molecule has 1 aromatic rings. The quantitative estimate of drug-likeness (QED) is 0.479. The molecule has 0 amide bonds. The van der Waals surface area contributed by atoms with E-state index in [1.54, 1.807) is 26.8 Å². The third-order valence-electron chi connectivity index (χ3n) is 2.71. The first kappa shape index (κ1) is 18.0. The van der Waals surface area contributed by atoms with Crippen molar-refractivity contribution in [3.63, 3.8) is 0 Å². The highest BCUT2D eigenvalue weighted by molar-refractivity contribution is 5.70. The normalized spacial score (nSPS) is 12.6. The number of halogens is 4. The van der Waals surface area contributed by atoms with Crippen molar-refractivity contribution in [1.29, 1.82) is 5.26 Å². The number of rotatable bonds is 4. The van der Waals surface area contributed by atoms with Gasteiger partial charge < -0.3 is 4.74 Å². The van der Waals surface area contributed by atoms with Crippen LogP contribution in [0.3, 0.4) is 0 Å². The van der Waals surface area contributed by atoms with Crippen LogP contribution in [0.25, 0.3) is 0 Å². The maximum absolute atomic E-state index is 13.6. The molecule has 0 aromatic heterocycles. The molecule has 0 aliphatic carbocycles. The van der Waals surface area contributed by atoms with Crippen LogP contribution in [0.1, 0.15) is 45.1 Å². The smallest absolute Gasteiger partial charge is 0.306 e. The van der Waals surface area contributed by atoms with Crippen LogP contribution in [-0.2, 0) is 9.53 Å². The van der Waals surface area contributed by atoms with Gasteiger partial charge in [0, 0.05) is 18.1 Å². The van der Waals surface area contributed by atoms with Gasteiger partial charge in [-0.25, -0.2) is 17.6 Å². The zero-order valence-electron chi connectivity index (χ0n) is 12.3. The summed E-state index contributed by atoms with van der Waals surface area (Å²) in [6.45, 7) is 4.90. The predicted molar refractivity (Wildman–Crippen MR) is 69.7 cm³/mol. The SMILES string of the molecule is CC(C)(C)OC(=O)CCC(C#N)c1c(F)c(F)cc(F)c1F. The Kier molecular flexibility index (Phi) is 5.53. The molecule has 0 bridgehead atoms. The van der Waals surface area contributed by atoms with E-state index in [9.17, 15) is 22.4 Å². The summed E-state index contributed by atoms with van der Waals surface area (Å²) >= 11 is 0. The molecule has 0 saturated heterocycles. The molecule has 0 heterocycles. The van der Waals surface area contributed by atoms with Gasteiger partial charge in [-0.15, -0.1) is 0 Å². The van der Waals surface area contributed by atoms with Crippen LogP contribution in [0.5, 0.6) is 0 Å². The Hall–Kier alpha value is -2.10. The zero-order valence-corrected chi connectivity index (χ0v) is 12.3. The maximum Gasteiger partial charge on any atom is 0.306 e. The van der Waals surface area contributed by atoms with Crippen LogP contribution >= 0.6 is 0 Å². The monoisotopic (exact) mass is 317 g/mol. The molecule has 7 heteroatoms. The molecule has 1 unspecified atom stereocenters. The van der Waals surface area contributed by atoms with Crippen molar-refractivity contribution < 1.29 is 27.1 Å². The van der Waals surface area contributed by atoms with Gasteiger partial charge in [0.1, 0.15) is 5.60 Å². The molecule has 0 aliphatic rings. The van der Waals surface area contributed by atoms with Gasteiger partial charge in [-0.2, -0.15) is 5.26 Å². The highest BCUT2D eigenvalue weighted by Crippen LogP contribution is 2.29. The molecule has 0 N–H and O–H groups in total. The predicted octanol–water partition coefficient (Wildman–Crippen LogP) is 3.97. The molecule has 120 valence electrons. The van der Waals surface area contributed by atoms with Crippen LogP contribution in [-0.4, -0.2) is 11.6 Å². The lowest BCUT2D eigenvalue weighted by Gasteiger charge is -2.20. The van der Waals surface area contributed by atoms with Gasteiger partial charge in [0.25, 0.3) is 0 Å². The number of nitriles is 1. The van der Waals surface area contributed by atoms with E-state index in [2.05, 4.69) is 0 Å². The number of hydrogen-bond acceptors (Lipinski definition) is 3. The summed E-state index contributed by atoms with van der Waals surface area (Å²) in [5.41, 5.74) is -1.76. The fourth-order valence-corrected chi connectivity index (χ4v) is 1.83. The molecule has 1 rings (SSSR count). The number of nitrogens with zero attached hydrogens (tertiary/aromatic N) is 1. The average Bonchev–Trinajstić information content (AvgIpc) is 2.38. The minimum absolute atomic E-state index is 0.0659. The Bertz CT molecular complexity index is 591. The second-order valence-electron chi connectivity index (χ2n) is 5.69. The van der Waals surface area contributed by atoms with Crippen molar-refractivity contribution in [3.8, 4) is 6.07 Å². The largest absolute Gasteiger partial charge is 0.460 e. The third-order valence-corrected chi connectivity index (χ3v) is 2.71. The third kappa shape index (κ3) is 4.45. The molecule has 0 saturated carbocycles. The lowest BCUT2D eigenvalue weighted by atomic mass is 9.94. The van der Waals surface area contributed by atoms with Crippen molar-refractivity contribution in [1.82, 2.24) is 0 Å². The summed E-state index contributed by atoms with van der Waals surface area (Å²) in [5, 5.41) is 8.98. The minimum atomic E-state index is -1.63. The molecule has 1 aromatic carbocycles. The zero-order chi connectivity index (χ0) is 17.1. The van der Waals surface area contributed by atoms with Gasteiger partial charge in [-0.1, -0.05) is 0 Å². The van der Waals surface area contributed by atoms with Crippen molar-refractivity contribution in [3.05, 3.63) is 34.9 Å². The molecule has 0 aliphatic heterocycles. The number of carbonyl (C=O) groups excluding carboxylic acids is 1. The topological polar surface area (TPSA) is 50.1 Å². The van der Waals surface area contributed by atoms with E-state index in [0.717, 1.165) is 0 Å². The lowest BCUT2D eigenvalue weighted by Crippen LogP contribution is -2.24. The first-order valence-electron chi connectivity index (χ1n) is 6.51. The fraction of sp³-hybridized carbons (Fsp3) is 0.467. The highest BCUT2D eigenvalue weighted by atomic mass is 19.2. The fourth-order valence-electron chi connectivity index (χ4n) is 1.83. The summed E-state index contributed by atoms with van der Waals surface area (Å²) in [7, 11) is 0. The molecule has 3 nitrogen and oxygen atoms in total. The number of benzene rings is 1. The first-order chi connectivity index (χ1) is 10.1. The first-order valence-corrected chi connectivity index (χ1v) is 6.51. The van der Waals surface area contributed by atoms with Gasteiger partial charge >= 0.3 is 5.97 Å². The summed E-state index contributed by atoms with van der Waals surface area (Å²) in [6.07, 6.45) is -0.630. The second-order valence-corrected chi connectivity index (χ2v) is 5.69. The van der Waals surface area contributed by atoms with E-state index in [4.69, 9.17) is 10.00 Å². The summed E-state index contributed by atoms with van der Waals surface area (Å²) < 4.78 is 58.6. The molecule has 0 fully saturated rings. The van der Waals surface area contributed by atoms with Crippen molar-refractivity contribution >= 4 is 5.97 Å². The van der Waals surface area contributed by atoms with Crippen LogP contribution in [0.4, 0.5) is 17.6 Å². The summed E-state index contributed by atoms with van der Waals surface area (Å²) in [6, 6.07) is 1.62. The Morgan fingerprint density at radius 1 is 1.23 bits per heavy atom. The molecule has 22 heavy (non-hydrogen) atoms. The Morgan fingerprint density at radius 2 is 1.73 bits per heavy atom.